The average molecular weight is 227 g/mol. The Balaban J connectivity index is 2.40. The van der Waals surface area contributed by atoms with Gasteiger partial charge >= 0.3 is 0 Å². The van der Waals surface area contributed by atoms with Crippen LogP contribution in [0.1, 0.15) is 23.2 Å². The first kappa shape index (κ1) is 12.7. The molecule has 0 fully saturated rings. The van der Waals surface area contributed by atoms with E-state index in [-0.39, 0.29) is 24.8 Å². The number of amides is 1. The average Bonchev–Trinajstić information content (AvgIpc) is 2.75. The van der Waals surface area contributed by atoms with Crippen molar-refractivity contribution in [1.29, 1.82) is 0 Å². The monoisotopic (exact) mass is 227 g/mol. The summed E-state index contributed by atoms with van der Waals surface area (Å²) in [6.45, 7) is 2.29. The van der Waals surface area contributed by atoms with Crippen molar-refractivity contribution in [1.82, 2.24) is 5.32 Å². The van der Waals surface area contributed by atoms with Gasteiger partial charge in [0.2, 0.25) is 0 Å². The van der Waals surface area contributed by atoms with Crippen LogP contribution in [0, 0.1) is 0 Å². The van der Waals surface area contributed by atoms with Gasteiger partial charge in [0.05, 0.1) is 12.7 Å². The zero-order valence-corrected chi connectivity index (χ0v) is 9.53. The second kappa shape index (κ2) is 6.30. The quantitative estimate of drug-likeness (QED) is 0.745. The predicted octanol–water partition coefficient (Wildman–Crippen LogP) is 0.579. The van der Waals surface area contributed by atoms with Crippen molar-refractivity contribution in [3.63, 3.8) is 0 Å². The van der Waals surface area contributed by atoms with Crippen LogP contribution in [0.15, 0.2) is 16.5 Å². The van der Waals surface area contributed by atoms with Crippen molar-refractivity contribution in [2.75, 3.05) is 20.3 Å². The number of aliphatic hydroxyl groups excluding tert-OH is 1. The number of aliphatic hydroxyl groups is 1. The zero-order valence-electron chi connectivity index (χ0n) is 9.53. The summed E-state index contributed by atoms with van der Waals surface area (Å²) in [5.41, 5.74) is 0. The van der Waals surface area contributed by atoms with Crippen molar-refractivity contribution < 1.29 is 19.1 Å². The summed E-state index contributed by atoms with van der Waals surface area (Å²) in [6, 6.07) is 3.39. The highest BCUT2D eigenvalue weighted by Crippen LogP contribution is 2.07. The molecule has 1 unspecified atom stereocenters. The smallest absolute Gasteiger partial charge is 0.287 e. The number of nitrogens with one attached hydrogen (secondary N) is 1. The van der Waals surface area contributed by atoms with Crippen LogP contribution in [0.25, 0.3) is 0 Å². The number of ether oxygens (including phenoxy) is 1. The molecule has 0 bridgehead atoms. The highest BCUT2D eigenvalue weighted by Gasteiger charge is 2.12. The molecule has 1 aromatic heterocycles. The molecule has 16 heavy (non-hydrogen) atoms. The molecule has 0 saturated heterocycles. The number of aryl methyl sites for hydroxylation is 1. The second-order valence-corrected chi connectivity index (χ2v) is 3.44. The minimum absolute atomic E-state index is 0.148. The molecule has 5 nitrogen and oxygen atoms in total. The van der Waals surface area contributed by atoms with Crippen LogP contribution in [0.5, 0.6) is 0 Å². The van der Waals surface area contributed by atoms with E-state index in [1.165, 1.54) is 7.11 Å². The Hall–Kier alpha value is -1.33. The zero-order chi connectivity index (χ0) is 12.0. The molecular weight excluding hydrogens is 210 g/mol. The van der Waals surface area contributed by atoms with Gasteiger partial charge < -0.3 is 19.6 Å². The number of carbonyl (C=O) groups excluding carboxylic acids is 1. The summed E-state index contributed by atoms with van der Waals surface area (Å²) >= 11 is 0. The molecule has 2 N–H and O–H groups in total. The van der Waals surface area contributed by atoms with Gasteiger partial charge in [0, 0.05) is 20.1 Å². The first-order valence-corrected chi connectivity index (χ1v) is 5.21. The lowest BCUT2D eigenvalue weighted by molar-refractivity contribution is 0.0603. The van der Waals surface area contributed by atoms with Gasteiger partial charge in [-0.25, -0.2) is 0 Å². The van der Waals surface area contributed by atoms with Gasteiger partial charge in [0.25, 0.3) is 5.91 Å². The van der Waals surface area contributed by atoms with Crippen LogP contribution in [0.4, 0.5) is 0 Å². The normalized spacial score (nSPS) is 12.4. The molecule has 0 spiro atoms. The summed E-state index contributed by atoms with van der Waals surface area (Å²) in [5, 5.41) is 11.9. The summed E-state index contributed by atoms with van der Waals surface area (Å²) in [6.07, 6.45) is 0.0501. The van der Waals surface area contributed by atoms with Crippen LogP contribution in [0.2, 0.25) is 0 Å². The van der Waals surface area contributed by atoms with E-state index < -0.39 is 6.10 Å². The maximum absolute atomic E-state index is 11.5. The third-order valence-corrected chi connectivity index (χ3v) is 2.09. The molecule has 1 rings (SSSR count). The van der Waals surface area contributed by atoms with Crippen molar-refractivity contribution in [3.05, 3.63) is 23.7 Å². The molecule has 0 radical (unpaired) electrons. The van der Waals surface area contributed by atoms with Crippen LogP contribution in [0.3, 0.4) is 0 Å². The van der Waals surface area contributed by atoms with Crippen LogP contribution < -0.4 is 5.32 Å². The fraction of sp³-hybridized carbons (Fsp3) is 0.545. The van der Waals surface area contributed by atoms with Crippen molar-refractivity contribution in [2.45, 2.75) is 19.4 Å². The summed E-state index contributed by atoms with van der Waals surface area (Å²) in [7, 11) is 1.49. The lowest BCUT2D eigenvalue weighted by atomic mass is 10.3. The standard InChI is InChI=1S/C11H17NO4/c1-3-9-4-5-10(16-9)11(14)12-6-8(13)7-15-2/h4-5,8,13H,3,6-7H2,1-2H3,(H,12,14). The van der Waals surface area contributed by atoms with E-state index in [2.05, 4.69) is 5.32 Å². The van der Waals surface area contributed by atoms with E-state index in [0.29, 0.717) is 0 Å². The Kier molecular flexibility index (Phi) is 5.01. The van der Waals surface area contributed by atoms with E-state index in [4.69, 9.17) is 9.15 Å². The number of rotatable bonds is 6. The molecular formula is C11H17NO4. The van der Waals surface area contributed by atoms with E-state index in [1.54, 1.807) is 12.1 Å². The highest BCUT2D eigenvalue weighted by atomic mass is 16.5. The van der Waals surface area contributed by atoms with Crippen molar-refractivity contribution >= 4 is 5.91 Å². The first-order valence-electron chi connectivity index (χ1n) is 5.21. The molecule has 90 valence electrons. The molecule has 1 amide bonds. The molecule has 0 aliphatic heterocycles. The Labute approximate surface area is 94.4 Å². The van der Waals surface area contributed by atoms with Gasteiger partial charge in [-0.1, -0.05) is 6.92 Å². The number of furan rings is 1. The van der Waals surface area contributed by atoms with Crippen molar-refractivity contribution in [3.8, 4) is 0 Å². The van der Waals surface area contributed by atoms with Crippen LogP contribution in [-0.2, 0) is 11.2 Å². The van der Waals surface area contributed by atoms with Crippen LogP contribution in [-0.4, -0.2) is 37.4 Å². The maximum atomic E-state index is 11.5. The first-order chi connectivity index (χ1) is 7.67. The minimum atomic E-state index is -0.699. The summed E-state index contributed by atoms with van der Waals surface area (Å²) < 4.78 is 10.0. The number of methoxy groups -OCH3 is 1. The molecule has 1 aromatic rings. The van der Waals surface area contributed by atoms with Crippen molar-refractivity contribution in [2.24, 2.45) is 0 Å². The van der Waals surface area contributed by atoms with E-state index in [9.17, 15) is 9.90 Å². The Morgan fingerprint density at radius 1 is 1.62 bits per heavy atom. The lowest BCUT2D eigenvalue weighted by Gasteiger charge is -2.09. The maximum Gasteiger partial charge on any atom is 0.287 e. The Bertz CT molecular complexity index is 334. The largest absolute Gasteiger partial charge is 0.456 e. The molecule has 1 heterocycles. The summed E-state index contributed by atoms with van der Waals surface area (Å²) in [4.78, 5) is 11.5. The van der Waals surface area contributed by atoms with Gasteiger partial charge in [-0.2, -0.15) is 0 Å². The van der Waals surface area contributed by atoms with Gasteiger partial charge in [-0.3, -0.25) is 4.79 Å². The van der Waals surface area contributed by atoms with Crippen LogP contribution >= 0.6 is 0 Å². The fourth-order valence-corrected chi connectivity index (χ4v) is 1.24. The second-order valence-electron chi connectivity index (χ2n) is 3.44. The summed E-state index contributed by atoms with van der Waals surface area (Å²) in [5.74, 6) is 0.707. The molecule has 0 saturated carbocycles. The predicted molar refractivity (Wildman–Crippen MR) is 58.3 cm³/mol. The molecule has 0 aliphatic carbocycles. The van der Waals surface area contributed by atoms with Gasteiger partial charge in [0.1, 0.15) is 5.76 Å². The number of hydrogen-bond acceptors (Lipinski definition) is 4. The fourth-order valence-electron chi connectivity index (χ4n) is 1.24. The third kappa shape index (κ3) is 3.67. The van der Waals surface area contributed by atoms with Gasteiger partial charge in [-0.15, -0.1) is 0 Å². The lowest BCUT2D eigenvalue weighted by Crippen LogP contribution is -2.34. The minimum Gasteiger partial charge on any atom is -0.456 e. The van der Waals surface area contributed by atoms with Gasteiger partial charge in [-0.05, 0) is 12.1 Å². The number of carbonyl (C=O) groups is 1. The van der Waals surface area contributed by atoms with E-state index >= 15 is 0 Å². The Morgan fingerprint density at radius 3 is 2.94 bits per heavy atom. The number of hydrogen-bond donors (Lipinski definition) is 2. The Morgan fingerprint density at radius 2 is 2.38 bits per heavy atom. The molecule has 0 aliphatic rings. The van der Waals surface area contributed by atoms with E-state index in [0.717, 1.165) is 12.2 Å². The SMILES string of the molecule is CCc1ccc(C(=O)NCC(O)COC)o1. The molecule has 0 aromatic carbocycles. The molecule has 1 atom stereocenters. The van der Waals surface area contributed by atoms with Gasteiger partial charge in [0.15, 0.2) is 5.76 Å². The highest BCUT2D eigenvalue weighted by molar-refractivity contribution is 5.91. The van der Waals surface area contributed by atoms with E-state index in [1.807, 2.05) is 6.92 Å². The topological polar surface area (TPSA) is 71.7 Å². The third-order valence-electron chi connectivity index (χ3n) is 2.09. The molecule has 5 heteroatoms.